The van der Waals surface area contributed by atoms with Crippen LogP contribution in [0.2, 0.25) is 0 Å². The molecule has 20 heavy (non-hydrogen) atoms. The Balaban J connectivity index is 2.05. The van der Waals surface area contributed by atoms with Crippen LogP contribution in [-0.2, 0) is 12.7 Å². The highest BCUT2D eigenvalue weighted by Crippen LogP contribution is 2.31. The van der Waals surface area contributed by atoms with E-state index in [1.807, 2.05) is 0 Å². The van der Waals surface area contributed by atoms with Crippen LogP contribution in [0.4, 0.5) is 13.2 Å². The molecule has 0 radical (unpaired) electrons. The fourth-order valence-electron chi connectivity index (χ4n) is 2.52. The van der Waals surface area contributed by atoms with Gasteiger partial charge in [-0.25, -0.2) is 0 Å². The molecule has 1 aromatic carbocycles. The third-order valence-corrected chi connectivity index (χ3v) is 3.88. The molecular weight excluding hydrogens is 265 g/mol. The third kappa shape index (κ3) is 3.96. The first kappa shape index (κ1) is 15.3. The second-order valence-corrected chi connectivity index (χ2v) is 5.40. The van der Waals surface area contributed by atoms with Gasteiger partial charge in [0.15, 0.2) is 0 Å². The maximum Gasteiger partial charge on any atom is 0.416 e. The van der Waals surface area contributed by atoms with Crippen LogP contribution >= 0.6 is 0 Å². The lowest BCUT2D eigenvalue weighted by atomic mass is 9.91. The molecule has 0 amide bonds. The van der Waals surface area contributed by atoms with Gasteiger partial charge in [-0.3, -0.25) is 4.90 Å². The Morgan fingerprint density at radius 2 is 2.00 bits per heavy atom. The van der Waals surface area contributed by atoms with Crippen LogP contribution in [-0.4, -0.2) is 24.0 Å². The quantitative estimate of drug-likeness (QED) is 0.868. The first-order valence-corrected chi connectivity index (χ1v) is 7.11. The zero-order chi connectivity index (χ0) is 14.6. The molecule has 0 atom stereocenters. The summed E-state index contributed by atoms with van der Waals surface area (Å²) in [4.78, 5) is 2.27. The molecule has 2 nitrogen and oxygen atoms in total. The number of hydrogen-bond acceptors (Lipinski definition) is 2. The fraction of sp³-hybridized carbons (Fsp3) is 0.600. The maximum absolute atomic E-state index is 12.7. The minimum absolute atomic E-state index is 0.510. The molecular formula is C15H21F3N2. The van der Waals surface area contributed by atoms with Gasteiger partial charge in [-0.15, -0.1) is 0 Å². The summed E-state index contributed by atoms with van der Waals surface area (Å²) in [5.74, 6) is 0. The molecule has 0 aromatic heterocycles. The number of alkyl halides is 3. The van der Waals surface area contributed by atoms with Gasteiger partial charge in [0.05, 0.1) is 5.56 Å². The fourth-order valence-corrected chi connectivity index (χ4v) is 2.52. The zero-order valence-corrected chi connectivity index (χ0v) is 11.5. The Bertz CT molecular complexity index is 427. The van der Waals surface area contributed by atoms with Gasteiger partial charge in [0.2, 0.25) is 0 Å². The van der Waals surface area contributed by atoms with E-state index in [0.717, 1.165) is 37.4 Å². The van der Waals surface area contributed by atoms with Crippen molar-refractivity contribution in [3.63, 3.8) is 0 Å². The summed E-state index contributed by atoms with van der Waals surface area (Å²) in [6.07, 6.45) is 0.115. The van der Waals surface area contributed by atoms with Crippen molar-refractivity contribution in [2.75, 3.05) is 13.1 Å². The van der Waals surface area contributed by atoms with Crippen molar-refractivity contribution in [2.45, 2.75) is 44.4 Å². The molecule has 2 rings (SSSR count). The van der Waals surface area contributed by atoms with Crippen molar-refractivity contribution < 1.29 is 13.2 Å². The summed E-state index contributed by atoms with van der Waals surface area (Å²) in [5, 5.41) is 0. The minimum Gasteiger partial charge on any atom is -0.330 e. The van der Waals surface area contributed by atoms with Gasteiger partial charge < -0.3 is 5.73 Å². The van der Waals surface area contributed by atoms with Crippen LogP contribution in [0.3, 0.4) is 0 Å². The largest absolute Gasteiger partial charge is 0.416 e. The molecule has 0 spiro atoms. The van der Waals surface area contributed by atoms with Gasteiger partial charge >= 0.3 is 6.18 Å². The molecule has 1 aliphatic carbocycles. The Hall–Kier alpha value is -1.07. The van der Waals surface area contributed by atoms with E-state index in [-0.39, 0.29) is 0 Å². The van der Waals surface area contributed by atoms with E-state index in [9.17, 15) is 13.2 Å². The van der Waals surface area contributed by atoms with E-state index < -0.39 is 11.7 Å². The predicted molar refractivity (Wildman–Crippen MR) is 73.2 cm³/mol. The van der Waals surface area contributed by atoms with Crippen LogP contribution < -0.4 is 5.73 Å². The number of rotatable bonds is 6. The number of hydrogen-bond donors (Lipinski definition) is 1. The molecule has 1 fully saturated rings. The molecule has 1 aromatic rings. The average Bonchev–Trinajstić information content (AvgIpc) is 2.33. The van der Waals surface area contributed by atoms with Gasteiger partial charge in [0, 0.05) is 12.6 Å². The van der Waals surface area contributed by atoms with Gasteiger partial charge in [0.1, 0.15) is 0 Å². The summed E-state index contributed by atoms with van der Waals surface area (Å²) >= 11 is 0. The predicted octanol–water partition coefficient (Wildman–Crippen LogP) is 3.41. The van der Waals surface area contributed by atoms with Crippen molar-refractivity contribution in [2.24, 2.45) is 5.73 Å². The van der Waals surface area contributed by atoms with Crippen molar-refractivity contribution in [1.82, 2.24) is 4.90 Å². The summed E-state index contributed by atoms with van der Waals surface area (Å²) in [7, 11) is 0. The zero-order valence-electron chi connectivity index (χ0n) is 11.5. The van der Waals surface area contributed by atoms with Gasteiger partial charge in [-0.2, -0.15) is 13.2 Å². The van der Waals surface area contributed by atoms with Crippen molar-refractivity contribution >= 4 is 0 Å². The highest BCUT2D eigenvalue weighted by molar-refractivity contribution is 5.25. The first-order valence-electron chi connectivity index (χ1n) is 7.11. The van der Waals surface area contributed by atoms with E-state index in [4.69, 9.17) is 5.73 Å². The summed E-state index contributed by atoms with van der Waals surface area (Å²) < 4.78 is 38.1. The normalized spacial score (nSPS) is 16.4. The molecule has 112 valence electrons. The van der Waals surface area contributed by atoms with Crippen molar-refractivity contribution in [3.05, 3.63) is 35.4 Å². The summed E-state index contributed by atoms with van der Waals surface area (Å²) in [6, 6.07) is 6.14. The molecule has 2 N–H and O–H groups in total. The second-order valence-electron chi connectivity index (χ2n) is 5.40. The topological polar surface area (TPSA) is 29.3 Å². The molecule has 0 unspecified atom stereocenters. The van der Waals surface area contributed by atoms with E-state index in [1.165, 1.54) is 18.6 Å². The monoisotopic (exact) mass is 286 g/mol. The van der Waals surface area contributed by atoms with Crippen LogP contribution in [0.5, 0.6) is 0 Å². The van der Waals surface area contributed by atoms with Crippen LogP contribution in [0, 0.1) is 0 Å². The summed E-state index contributed by atoms with van der Waals surface area (Å²) in [6.45, 7) is 2.05. The van der Waals surface area contributed by atoms with Gasteiger partial charge in [-0.1, -0.05) is 24.6 Å². The Labute approximate surface area is 117 Å². The second kappa shape index (κ2) is 6.59. The van der Waals surface area contributed by atoms with Crippen LogP contribution in [0.1, 0.15) is 36.8 Å². The summed E-state index contributed by atoms with van der Waals surface area (Å²) in [5.41, 5.74) is 5.69. The van der Waals surface area contributed by atoms with E-state index in [0.29, 0.717) is 19.1 Å². The lowest BCUT2D eigenvalue weighted by Crippen LogP contribution is -2.40. The Morgan fingerprint density at radius 3 is 2.55 bits per heavy atom. The number of nitrogens with zero attached hydrogens (tertiary/aromatic N) is 1. The molecule has 0 bridgehead atoms. The highest BCUT2D eigenvalue weighted by Gasteiger charge is 2.31. The third-order valence-electron chi connectivity index (χ3n) is 3.88. The number of nitrogens with two attached hydrogens (primary N) is 1. The molecule has 5 heteroatoms. The van der Waals surface area contributed by atoms with E-state index in [2.05, 4.69) is 4.90 Å². The SMILES string of the molecule is NCCCN(Cc1cccc(C(F)(F)F)c1)C1CCC1. The molecule has 0 heterocycles. The maximum atomic E-state index is 12.7. The molecule has 1 aliphatic rings. The number of halogens is 3. The number of benzene rings is 1. The Morgan fingerprint density at radius 1 is 1.25 bits per heavy atom. The highest BCUT2D eigenvalue weighted by atomic mass is 19.4. The molecule has 0 aliphatic heterocycles. The van der Waals surface area contributed by atoms with Gasteiger partial charge in [0.25, 0.3) is 0 Å². The van der Waals surface area contributed by atoms with Crippen molar-refractivity contribution in [1.29, 1.82) is 0 Å². The standard InChI is InChI=1S/C15H21F3N2/c16-15(17,18)13-5-1-4-12(10-13)11-20(9-3-8-19)14-6-2-7-14/h1,4-5,10,14H,2-3,6-9,11,19H2. The minimum atomic E-state index is -4.27. The van der Waals surface area contributed by atoms with Crippen LogP contribution in [0.25, 0.3) is 0 Å². The van der Waals surface area contributed by atoms with Crippen LogP contribution in [0.15, 0.2) is 24.3 Å². The Kier molecular flexibility index (Phi) is 5.05. The van der Waals surface area contributed by atoms with Crippen molar-refractivity contribution in [3.8, 4) is 0 Å². The lowest BCUT2D eigenvalue weighted by molar-refractivity contribution is -0.137. The van der Waals surface area contributed by atoms with E-state index in [1.54, 1.807) is 6.07 Å². The van der Waals surface area contributed by atoms with E-state index >= 15 is 0 Å². The molecule has 0 saturated heterocycles. The van der Waals surface area contributed by atoms with Gasteiger partial charge in [-0.05, 0) is 44.0 Å². The smallest absolute Gasteiger partial charge is 0.330 e. The average molecular weight is 286 g/mol. The lowest BCUT2D eigenvalue weighted by Gasteiger charge is -2.37. The molecule has 1 saturated carbocycles. The first-order chi connectivity index (χ1) is 9.50.